The molecule has 0 aliphatic rings. The first-order valence-electron chi connectivity index (χ1n) is 4.13. The Kier molecular flexibility index (Phi) is 3.20. The molecule has 90 valence electrons. The van der Waals surface area contributed by atoms with Gasteiger partial charge >= 0.3 is 0 Å². The first-order valence-corrected chi connectivity index (χ1v) is 4.13. The molecule has 0 heterocycles. The Hall–Kier alpha value is -1.21. The van der Waals surface area contributed by atoms with E-state index in [9.17, 15) is 22.0 Å². The summed E-state index contributed by atoms with van der Waals surface area (Å²) in [4.78, 5) is 4.20. The van der Waals surface area contributed by atoms with E-state index in [2.05, 4.69) is 4.84 Å². The van der Waals surface area contributed by atoms with Gasteiger partial charge in [0.05, 0.1) is 5.56 Å². The highest BCUT2D eigenvalue weighted by atomic mass is 19.2. The molecule has 0 amide bonds. The van der Waals surface area contributed by atoms with Crippen molar-refractivity contribution in [3.8, 4) is 0 Å². The van der Waals surface area contributed by atoms with Crippen LogP contribution in [0.4, 0.5) is 22.0 Å². The molecule has 1 aromatic carbocycles. The van der Waals surface area contributed by atoms with Crippen LogP contribution < -0.4 is 5.90 Å². The lowest BCUT2D eigenvalue weighted by molar-refractivity contribution is -0.0298. The van der Waals surface area contributed by atoms with E-state index in [-0.39, 0.29) is 0 Å². The molecule has 1 rings (SSSR count). The predicted molar refractivity (Wildman–Crippen MR) is 44.5 cm³/mol. The Balaban J connectivity index is 3.65. The summed E-state index contributed by atoms with van der Waals surface area (Å²) in [5.41, 5.74) is -2.94. The fraction of sp³-hybridized carbons (Fsp3) is 0.333. The van der Waals surface area contributed by atoms with Crippen molar-refractivity contribution in [3.05, 3.63) is 34.6 Å². The van der Waals surface area contributed by atoms with Gasteiger partial charge in [-0.3, -0.25) is 4.84 Å². The minimum absolute atomic E-state index is 1.07. The number of nitrogens with two attached hydrogens (primary N) is 1. The van der Waals surface area contributed by atoms with Gasteiger partial charge in [0.25, 0.3) is 0 Å². The molecule has 0 aromatic heterocycles. The average Bonchev–Trinajstić information content (AvgIpc) is 2.23. The summed E-state index contributed by atoms with van der Waals surface area (Å²) >= 11 is 0. The molecule has 0 bridgehead atoms. The van der Waals surface area contributed by atoms with Gasteiger partial charge in [-0.05, 0) is 13.8 Å². The van der Waals surface area contributed by atoms with Gasteiger partial charge in [0, 0.05) is 0 Å². The fourth-order valence-corrected chi connectivity index (χ4v) is 1.19. The second kappa shape index (κ2) is 3.99. The van der Waals surface area contributed by atoms with Crippen LogP contribution in [-0.4, -0.2) is 0 Å². The number of halogens is 5. The molecule has 2 N–H and O–H groups in total. The number of benzene rings is 1. The van der Waals surface area contributed by atoms with Crippen molar-refractivity contribution in [2.24, 2.45) is 5.90 Å². The van der Waals surface area contributed by atoms with Gasteiger partial charge in [0.15, 0.2) is 23.3 Å². The molecule has 0 unspecified atom stereocenters. The van der Waals surface area contributed by atoms with Gasteiger partial charge in [0.2, 0.25) is 5.82 Å². The van der Waals surface area contributed by atoms with Crippen LogP contribution in [0.1, 0.15) is 19.4 Å². The summed E-state index contributed by atoms with van der Waals surface area (Å²) in [5.74, 6) is -5.44. The van der Waals surface area contributed by atoms with Crippen molar-refractivity contribution in [2.45, 2.75) is 19.4 Å². The van der Waals surface area contributed by atoms with E-state index < -0.39 is 40.3 Å². The van der Waals surface area contributed by atoms with Crippen molar-refractivity contribution in [2.75, 3.05) is 0 Å². The lowest BCUT2D eigenvalue weighted by atomic mass is 9.96. The molecular formula is C9H8F5NO. The molecular weight excluding hydrogens is 233 g/mol. The molecule has 0 saturated carbocycles. The van der Waals surface area contributed by atoms with Crippen LogP contribution in [0, 0.1) is 29.1 Å². The first-order chi connectivity index (χ1) is 7.24. The maximum atomic E-state index is 13.2. The van der Waals surface area contributed by atoms with E-state index in [0.717, 1.165) is 13.8 Å². The highest BCUT2D eigenvalue weighted by Gasteiger charge is 2.35. The molecule has 0 aliphatic heterocycles. The third-order valence-electron chi connectivity index (χ3n) is 2.11. The zero-order valence-corrected chi connectivity index (χ0v) is 8.38. The van der Waals surface area contributed by atoms with Crippen LogP contribution in [0.15, 0.2) is 0 Å². The topological polar surface area (TPSA) is 35.2 Å². The predicted octanol–water partition coefficient (Wildman–Crippen LogP) is 2.51. The van der Waals surface area contributed by atoms with E-state index in [1.54, 1.807) is 0 Å². The van der Waals surface area contributed by atoms with Crippen molar-refractivity contribution in [3.63, 3.8) is 0 Å². The zero-order valence-electron chi connectivity index (χ0n) is 8.38. The Morgan fingerprint density at radius 2 is 1.12 bits per heavy atom. The third-order valence-corrected chi connectivity index (χ3v) is 2.11. The van der Waals surface area contributed by atoms with Gasteiger partial charge < -0.3 is 0 Å². The van der Waals surface area contributed by atoms with Crippen molar-refractivity contribution in [1.82, 2.24) is 0 Å². The van der Waals surface area contributed by atoms with Gasteiger partial charge in [-0.25, -0.2) is 27.8 Å². The molecule has 7 heteroatoms. The van der Waals surface area contributed by atoms with Crippen LogP contribution in [-0.2, 0) is 10.4 Å². The molecule has 0 aliphatic carbocycles. The molecule has 0 saturated heterocycles. The Morgan fingerprint density at radius 1 is 0.812 bits per heavy atom. The number of hydrogen-bond acceptors (Lipinski definition) is 2. The summed E-state index contributed by atoms with van der Waals surface area (Å²) in [6.45, 7) is 2.15. The van der Waals surface area contributed by atoms with Crippen LogP contribution >= 0.6 is 0 Å². The molecule has 1 aromatic rings. The number of rotatable bonds is 2. The molecule has 16 heavy (non-hydrogen) atoms. The van der Waals surface area contributed by atoms with Gasteiger partial charge in [0.1, 0.15) is 5.60 Å². The maximum absolute atomic E-state index is 13.2. The Bertz CT molecular complexity index is 403. The molecule has 0 radical (unpaired) electrons. The lowest BCUT2D eigenvalue weighted by Crippen LogP contribution is -2.29. The normalized spacial score (nSPS) is 12.0. The monoisotopic (exact) mass is 241 g/mol. The minimum atomic E-state index is -2.22. The van der Waals surface area contributed by atoms with Crippen LogP contribution in [0.5, 0.6) is 0 Å². The minimum Gasteiger partial charge on any atom is -0.294 e. The Labute approximate surface area is 87.8 Å². The lowest BCUT2D eigenvalue weighted by Gasteiger charge is -2.23. The molecule has 0 fully saturated rings. The van der Waals surface area contributed by atoms with Gasteiger partial charge in [-0.1, -0.05) is 0 Å². The number of hydrogen-bond donors (Lipinski definition) is 1. The van der Waals surface area contributed by atoms with E-state index in [0.29, 0.717) is 0 Å². The summed E-state index contributed by atoms with van der Waals surface area (Å²) < 4.78 is 64.8. The standard InChI is InChI=1S/C9H8F5NO/c1-9(2,16-15)3-4(10)6(12)8(14)7(13)5(3)11/h15H2,1-2H3. The molecule has 0 spiro atoms. The van der Waals surface area contributed by atoms with Gasteiger partial charge in [-0.15, -0.1) is 0 Å². The van der Waals surface area contributed by atoms with Crippen LogP contribution in [0.3, 0.4) is 0 Å². The van der Waals surface area contributed by atoms with E-state index in [1.807, 2.05) is 0 Å². The second-order valence-electron chi connectivity index (χ2n) is 3.57. The zero-order chi connectivity index (χ0) is 12.7. The second-order valence-corrected chi connectivity index (χ2v) is 3.57. The van der Waals surface area contributed by atoms with Crippen molar-refractivity contribution < 1.29 is 26.8 Å². The van der Waals surface area contributed by atoms with E-state index in [1.165, 1.54) is 0 Å². The highest BCUT2D eigenvalue weighted by Crippen LogP contribution is 2.32. The SMILES string of the molecule is CC(C)(ON)c1c(F)c(F)c(F)c(F)c1F. The van der Waals surface area contributed by atoms with Gasteiger partial charge in [-0.2, -0.15) is 0 Å². The molecule has 0 atom stereocenters. The maximum Gasteiger partial charge on any atom is 0.200 e. The fourth-order valence-electron chi connectivity index (χ4n) is 1.19. The summed E-state index contributed by atoms with van der Waals surface area (Å²) in [6.07, 6.45) is 0. The van der Waals surface area contributed by atoms with Crippen LogP contribution in [0.25, 0.3) is 0 Å². The highest BCUT2D eigenvalue weighted by molar-refractivity contribution is 5.28. The summed E-state index contributed by atoms with van der Waals surface area (Å²) in [7, 11) is 0. The van der Waals surface area contributed by atoms with E-state index in [4.69, 9.17) is 5.90 Å². The average molecular weight is 241 g/mol. The first kappa shape index (κ1) is 12.9. The quantitative estimate of drug-likeness (QED) is 0.373. The smallest absolute Gasteiger partial charge is 0.200 e. The largest absolute Gasteiger partial charge is 0.294 e. The Morgan fingerprint density at radius 3 is 1.44 bits per heavy atom. The van der Waals surface area contributed by atoms with Crippen molar-refractivity contribution >= 4 is 0 Å². The van der Waals surface area contributed by atoms with E-state index >= 15 is 0 Å². The summed E-state index contributed by atoms with van der Waals surface area (Å²) in [5, 5.41) is 0. The van der Waals surface area contributed by atoms with Crippen molar-refractivity contribution in [1.29, 1.82) is 0 Å². The van der Waals surface area contributed by atoms with Crippen LogP contribution in [0.2, 0.25) is 0 Å². The third kappa shape index (κ3) is 1.76. The molecule has 2 nitrogen and oxygen atoms in total. The summed E-state index contributed by atoms with van der Waals surface area (Å²) in [6, 6.07) is 0.